The lowest BCUT2D eigenvalue weighted by Gasteiger charge is -2.28. The first-order chi connectivity index (χ1) is 12.0. The van der Waals surface area contributed by atoms with Gasteiger partial charge in [0.15, 0.2) is 0 Å². The van der Waals surface area contributed by atoms with E-state index in [2.05, 4.69) is 0 Å². The number of hydrogen-bond donors (Lipinski definition) is 1. The first kappa shape index (κ1) is 14.9. The van der Waals surface area contributed by atoms with Crippen LogP contribution in [-0.4, -0.2) is 22.9 Å². The van der Waals surface area contributed by atoms with Crippen molar-refractivity contribution in [3.63, 3.8) is 0 Å². The molecular formula is C19H10NO5-. The van der Waals surface area contributed by atoms with Crippen LogP contribution in [0, 0.1) is 0 Å². The largest absolute Gasteiger partial charge is 0.872 e. The van der Waals surface area contributed by atoms with E-state index in [4.69, 9.17) is 5.11 Å². The zero-order chi connectivity index (χ0) is 17.7. The molecule has 0 spiro atoms. The summed E-state index contributed by atoms with van der Waals surface area (Å²) in [5, 5.41) is 22.3. The summed E-state index contributed by atoms with van der Waals surface area (Å²) >= 11 is 0. The van der Waals surface area contributed by atoms with Gasteiger partial charge >= 0.3 is 5.97 Å². The molecule has 0 bridgehead atoms. The Hall–Kier alpha value is -3.67. The summed E-state index contributed by atoms with van der Waals surface area (Å²) in [4.78, 5) is 37.5. The number of benzene rings is 3. The summed E-state index contributed by atoms with van der Waals surface area (Å²) in [6.07, 6.45) is 0. The molecule has 0 aromatic heterocycles. The number of carboxylic acid groups (broad SMARTS) is 1. The molecule has 3 aromatic carbocycles. The second-order valence-electron chi connectivity index (χ2n) is 5.64. The molecule has 0 saturated heterocycles. The van der Waals surface area contributed by atoms with Gasteiger partial charge in [0.2, 0.25) is 0 Å². The summed E-state index contributed by atoms with van der Waals surface area (Å²) in [7, 11) is 0. The Morgan fingerprint density at radius 1 is 0.920 bits per heavy atom. The van der Waals surface area contributed by atoms with Crippen molar-refractivity contribution in [1.82, 2.24) is 0 Å². The van der Waals surface area contributed by atoms with Crippen LogP contribution >= 0.6 is 0 Å². The first-order valence-corrected chi connectivity index (χ1v) is 7.44. The number of aromatic carboxylic acids is 1. The van der Waals surface area contributed by atoms with E-state index >= 15 is 0 Å². The Labute approximate surface area is 141 Å². The van der Waals surface area contributed by atoms with E-state index < -0.39 is 29.1 Å². The summed E-state index contributed by atoms with van der Waals surface area (Å²) in [6.45, 7) is 0. The van der Waals surface area contributed by atoms with Crippen molar-refractivity contribution in [2.45, 2.75) is 0 Å². The lowest BCUT2D eigenvalue weighted by Crippen LogP contribution is -2.40. The third-order valence-electron chi connectivity index (χ3n) is 4.23. The van der Waals surface area contributed by atoms with Gasteiger partial charge in [-0.25, -0.2) is 9.69 Å². The van der Waals surface area contributed by atoms with Gasteiger partial charge in [0.1, 0.15) is 0 Å². The average molecular weight is 332 g/mol. The molecule has 2 amide bonds. The lowest BCUT2D eigenvalue weighted by molar-refractivity contribution is -0.268. The molecule has 1 N–H and O–H groups in total. The highest BCUT2D eigenvalue weighted by molar-refractivity contribution is 6.35. The van der Waals surface area contributed by atoms with Crippen LogP contribution in [0.1, 0.15) is 31.1 Å². The lowest BCUT2D eigenvalue weighted by atomic mass is 9.93. The Balaban J connectivity index is 1.91. The van der Waals surface area contributed by atoms with Crippen LogP contribution in [0.4, 0.5) is 5.69 Å². The van der Waals surface area contributed by atoms with E-state index in [9.17, 15) is 19.5 Å². The van der Waals surface area contributed by atoms with Gasteiger partial charge < -0.3 is 10.2 Å². The molecule has 25 heavy (non-hydrogen) atoms. The Morgan fingerprint density at radius 2 is 1.52 bits per heavy atom. The van der Waals surface area contributed by atoms with Crippen LogP contribution in [-0.2, 0) is 0 Å². The van der Waals surface area contributed by atoms with Crippen molar-refractivity contribution in [3.05, 3.63) is 71.3 Å². The first-order valence-electron chi connectivity index (χ1n) is 7.44. The predicted molar refractivity (Wildman–Crippen MR) is 87.9 cm³/mol. The van der Waals surface area contributed by atoms with Crippen molar-refractivity contribution in [2.24, 2.45) is 0 Å². The maximum Gasteiger partial charge on any atom is 0.335 e. The van der Waals surface area contributed by atoms with Gasteiger partial charge in [0.25, 0.3) is 11.8 Å². The zero-order valence-electron chi connectivity index (χ0n) is 12.7. The minimum Gasteiger partial charge on any atom is -0.872 e. The second kappa shape index (κ2) is 5.17. The van der Waals surface area contributed by atoms with Crippen LogP contribution in [0.15, 0.2) is 54.6 Å². The highest BCUT2D eigenvalue weighted by Crippen LogP contribution is 2.33. The summed E-state index contributed by atoms with van der Waals surface area (Å²) in [5.41, 5.74) is 0.365. The molecule has 1 aliphatic heterocycles. The number of carbonyl (C=O) groups is 3. The highest BCUT2D eigenvalue weighted by atomic mass is 16.4. The topological polar surface area (TPSA) is 97.7 Å². The van der Waals surface area contributed by atoms with Crippen molar-refractivity contribution in [3.8, 4) is 5.75 Å². The quantitative estimate of drug-likeness (QED) is 0.727. The molecule has 0 unspecified atom stereocenters. The van der Waals surface area contributed by atoms with Gasteiger partial charge in [-0.1, -0.05) is 30.0 Å². The maximum absolute atomic E-state index is 12.8. The number of amides is 2. The smallest absolute Gasteiger partial charge is 0.335 e. The number of anilines is 1. The number of rotatable bonds is 2. The molecule has 122 valence electrons. The number of hydrogen-bond acceptors (Lipinski definition) is 4. The van der Waals surface area contributed by atoms with Gasteiger partial charge in [-0.2, -0.15) is 0 Å². The molecule has 0 saturated carbocycles. The fourth-order valence-corrected chi connectivity index (χ4v) is 3.09. The fourth-order valence-electron chi connectivity index (χ4n) is 3.09. The Kier molecular flexibility index (Phi) is 3.08. The van der Waals surface area contributed by atoms with E-state index in [0.29, 0.717) is 16.5 Å². The fraction of sp³-hybridized carbons (Fsp3) is 0. The Bertz CT molecular complexity index is 1040. The maximum atomic E-state index is 12.8. The third kappa shape index (κ3) is 2.08. The number of nitrogens with zero attached hydrogens (tertiary/aromatic N) is 1. The SMILES string of the molecule is O=C(O)c1ccc(N2C(=O)c3cccc4cccc(c34)C2=O)cc1[O-]. The van der Waals surface area contributed by atoms with E-state index in [1.807, 2.05) is 12.1 Å². The summed E-state index contributed by atoms with van der Waals surface area (Å²) < 4.78 is 0. The molecule has 4 rings (SSSR count). The van der Waals surface area contributed by atoms with Gasteiger partial charge in [0.05, 0.1) is 11.3 Å². The summed E-state index contributed by atoms with van der Waals surface area (Å²) in [5.74, 6) is -3.21. The van der Waals surface area contributed by atoms with Crippen LogP contribution in [0.5, 0.6) is 5.75 Å². The van der Waals surface area contributed by atoms with Crippen LogP contribution < -0.4 is 10.0 Å². The number of imide groups is 1. The molecular weight excluding hydrogens is 322 g/mol. The van der Waals surface area contributed by atoms with Crippen molar-refractivity contribution >= 4 is 34.2 Å². The van der Waals surface area contributed by atoms with E-state index in [1.165, 1.54) is 6.07 Å². The molecule has 0 radical (unpaired) electrons. The molecule has 6 nitrogen and oxygen atoms in total. The number of carboxylic acids is 1. The predicted octanol–water partition coefficient (Wildman–Crippen LogP) is 2.41. The second-order valence-corrected chi connectivity index (χ2v) is 5.64. The third-order valence-corrected chi connectivity index (χ3v) is 4.23. The van der Waals surface area contributed by atoms with Crippen molar-refractivity contribution in [1.29, 1.82) is 0 Å². The monoisotopic (exact) mass is 332 g/mol. The van der Waals surface area contributed by atoms with Crippen molar-refractivity contribution < 1.29 is 24.6 Å². The van der Waals surface area contributed by atoms with E-state index in [1.54, 1.807) is 24.3 Å². The summed E-state index contributed by atoms with van der Waals surface area (Å²) in [6, 6.07) is 13.7. The van der Waals surface area contributed by atoms with Gasteiger partial charge in [0, 0.05) is 16.5 Å². The van der Waals surface area contributed by atoms with E-state index in [-0.39, 0.29) is 5.69 Å². The Morgan fingerprint density at radius 3 is 2.04 bits per heavy atom. The van der Waals surface area contributed by atoms with Gasteiger partial charge in [-0.3, -0.25) is 9.59 Å². The minimum atomic E-state index is -1.36. The number of carbonyl (C=O) groups excluding carboxylic acids is 2. The molecule has 1 heterocycles. The van der Waals surface area contributed by atoms with E-state index in [0.717, 1.165) is 22.4 Å². The molecule has 0 aliphatic carbocycles. The van der Waals surface area contributed by atoms with Gasteiger partial charge in [-0.15, -0.1) is 0 Å². The normalized spacial score (nSPS) is 13.4. The standard InChI is InChI=1S/C19H11NO5/c21-15-9-11(7-8-12(15)19(24)25)20-17(22)13-5-1-3-10-4-2-6-14(16(10)13)18(20)23/h1-9,21H,(H,24,25)/p-1. The van der Waals surface area contributed by atoms with Crippen molar-refractivity contribution in [2.75, 3.05) is 4.90 Å². The molecule has 1 aliphatic rings. The van der Waals surface area contributed by atoms with Crippen LogP contribution in [0.2, 0.25) is 0 Å². The molecule has 0 fully saturated rings. The molecule has 6 heteroatoms. The molecule has 3 aromatic rings. The molecule has 0 atom stereocenters. The zero-order valence-corrected chi connectivity index (χ0v) is 12.7. The average Bonchev–Trinajstić information content (AvgIpc) is 2.59. The minimum absolute atomic E-state index is 0.0523. The highest BCUT2D eigenvalue weighted by Gasteiger charge is 2.33. The van der Waals surface area contributed by atoms with Crippen LogP contribution in [0.25, 0.3) is 10.8 Å². The van der Waals surface area contributed by atoms with Crippen LogP contribution in [0.3, 0.4) is 0 Å². The van der Waals surface area contributed by atoms with Gasteiger partial charge in [-0.05, 0) is 35.7 Å².